The Balaban J connectivity index is 1.30. The van der Waals surface area contributed by atoms with Crippen molar-refractivity contribution in [2.75, 3.05) is 13.8 Å². The van der Waals surface area contributed by atoms with Gasteiger partial charge >= 0.3 is 0 Å². The summed E-state index contributed by atoms with van der Waals surface area (Å²) in [6, 6.07) is 16.1. The predicted octanol–water partition coefficient (Wildman–Crippen LogP) is 2.47. The van der Waals surface area contributed by atoms with Gasteiger partial charge in [-0.3, -0.25) is 4.99 Å². The van der Waals surface area contributed by atoms with Gasteiger partial charge in [0.15, 0.2) is 17.5 Å². The van der Waals surface area contributed by atoms with Gasteiger partial charge in [0.1, 0.15) is 0 Å². The summed E-state index contributed by atoms with van der Waals surface area (Å²) in [5.41, 5.74) is 3.30. The van der Waals surface area contributed by atoms with E-state index in [9.17, 15) is 0 Å². The second kappa shape index (κ2) is 7.82. The minimum atomic E-state index is 0.286. The molecule has 0 unspecified atom stereocenters. The van der Waals surface area contributed by atoms with Gasteiger partial charge in [0.2, 0.25) is 6.79 Å². The Bertz CT molecular complexity index is 920. The van der Waals surface area contributed by atoms with E-state index >= 15 is 0 Å². The van der Waals surface area contributed by atoms with Gasteiger partial charge in [-0.15, -0.1) is 0 Å². The average molecular weight is 363 g/mol. The van der Waals surface area contributed by atoms with E-state index in [-0.39, 0.29) is 6.79 Å². The maximum Gasteiger partial charge on any atom is 0.231 e. The van der Waals surface area contributed by atoms with Gasteiger partial charge in [-0.2, -0.15) is 5.10 Å². The lowest BCUT2D eigenvalue weighted by atomic mass is 10.2. The summed E-state index contributed by atoms with van der Waals surface area (Å²) in [5.74, 6) is 2.32. The van der Waals surface area contributed by atoms with Crippen molar-refractivity contribution in [3.05, 3.63) is 72.1 Å². The largest absolute Gasteiger partial charge is 0.454 e. The number of fused-ring (bicyclic) bond motifs is 1. The van der Waals surface area contributed by atoms with Gasteiger partial charge < -0.3 is 20.1 Å². The fraction of sp³-hybridized carbons (Fsp3) is 0.200. The molecule has 27 heavy (non-hydrogen) atoms. The van der Waals surface area contributed by atoms with Crippen molar-refractivity contribution in [1.82, 2.24) is 20.4 Å². The Morgan fingerprint density at radius 1 is 1.04 bits per heavy atom. The molecule has 0 fully saturated rings. The molecule has 0 saturated heterocycles. The lowest BCUT2D eigenvalue weighted by Crippen LogP contribution is -2.36. The van der Waals surface area contributed by atoms with Crippen LogP contribution < -0.4 is 20.1 Å². The van der Waals surface area contributed by atoms with Gasteiger partial charge in [0.25, 0.3) is 0 Å². The molecule has 1 aromatic heterocycles. The number of aliphatic imine (C=N–C) groups is 1. The SMILES string of the molecule is CN=C(NCc1ccc(-n2cccn2)cc1)NCc1ccc2c(c1)OCO2. The maximum atomic E-state index is 5.41. The predicted molar refractivity (Wildman–Crippen MR) is 103 cm³/mol. The first-order chi connectivity index (χ1) is 13.3. The number of nitrogens with zero attached hydrogens (tertiary/aromatic N) is 3. The summed E-state index contributed by atoms with van der Waals surface area (Å²) in [4.78, 5) is 4.27. The highest BCUT2D eigenvalue weighted by Gasteiger charge is 2.13. The summed E-state index contributed by atoms with van der Waals surface area (Å²) < 4.78 is 12.6. The third kappa shape index (κ3) is 4.03. The second-order valence-electron chi connectivity index (χ2n) is 6.08. The van der Waals surface area contributed by atoms with E-state index < -0.39 is 0 Å². The van der Waals surface area contributed by atoms with Crippen LogP contribution >= 0.6 is 0 Å². The van der Waals surface area contributed by atoms with Crippen molar-refractivity contribution in [2.45, 2.75) is 13.1 Å². The van der Waals surface area contributed by atoms with Crippen LogP contribution in [0, 0.1) is 0 Å². The molecular weight excluding hydrogens is 342 g/mol. The van der Waals surface area contributed by atoms with Crippen LogP contribution in [-0.2, 0) is 13.1 Å². The molecular formula is C20H21N5O2. The third-order valence-corrected chi connectivity index (χ3v) is 4.29. The van der Waals surface area contributed by atoms with Crippen molar-refractivity contribution < 1.29 is 9.47 Å². The average Bonchev–Trinajstić information content (AvgIpc) is 3.40. The Hall–Kier alpha value is -3.48. The molecule has 3 aromatic rings. The van der Waals surface area contributed by atoms with Crippen molar-refractivity contribution in [3.63, 3.8) is 0 Å². The minimum absolute atomic E-state index is 0.286. The number of hydrogen-bond donors (Lipinski definition) is 2. The van der Waals surface area contributed by atoms with Gasteiger partial charge in [-0.05, 0) is 41.5 Å². The van der Waals surface area contributed by atoms with Crippen LogP contribution in [0.2, 0.25) is 0 Å². The number of rotatable bonds is 5. The Labute approximate surface area is 157 Å². The zero-order valence-electron chi connectivity index (χ0n) is 15.1. The van der Waals surface area contributed by atoms with Crippen LogP contribution in [0.1, 0.15) is 11.1 Å². The first-order valence-electron chi connectivity index (χ1n) is 8.74. The summed E-state index contributed by atoms with van der Waals surface area (Å²) >= 11 is 0. The molecule has 0 bridgehead atoms. The van der Waals surface area contributed by atoms with Crippen LogP contribution in [0.4, 0.5) is 0 Å². The van der Waals surface area contributed by atoms with E-state index in [0.717, 1.165) is 34.3 Å². The summed E-state index contributed by atoms with van der Waals surface area (Å²) in [6.07, 6.45) is 3.69. The smallest absolute Gasteiger partial charge is 0.231 e. The number of aromatic nitrogens is 2. The summed E-state index contributed by atoms with van der Waals surface area (Å²) in [5, 5.41) is 10.9. The molecule has 7 heteroatoms. The molecule has 138 valence electrons. The molecule has 2 aromatic carbocycles. The first-order valence-corrected chi connectivity index (χ1v) is 8.74. The molecule has 2 heterocycles. The molecule has 0 aliphatic carbocycles. The van der Waals surface area contributed by atoms with Gasteiger partial charge in [-0.1, -0.05) is 18.2 Å². The fourth-order valence-corrected chi connectivity index (χ4v) is 2.83. The lowest BCUT2D eigenvalue weighted by Gasteiger charge is -2.12. The van der Waals surface area contributed by atoms with E-state index in [1.165, 1.54) is 0 Å². The number of benzene rings is 2. The zero-order valence-corrected chi connectivity index (χ0v) is 15.1. The topological polar surface area (TPSA) is 72.7 Å². The standard InChI is InChI=1S/C20H21N5O2/c1-21-20(23-13-16-5-8-18-19(11-16)27-14-26-18)22-12-15-3-6-17(7-4-15)25-10-2-9-24-25/h2-11H,12-14H2,1H3,(H2,21,22,23). The second-order valence-corrected chi connectivity index (χ2v) is 6.08. The maximum absolute atomic E-state index is 5.41. The van der Waals surface area contributed by atoms with E-state index in [4.69, 9.17) is 9.47 Å². The first kappa shape index (κ1) is 17.0. The van der Waals surface area contributed by atoms with Crippen LogP contribution in [0.3, 0.4) is 0 Å². The van der Waals surface area contributed by atoms with Crippen molar-refractivity contribution in [2.24, 2.45) is 4.99 Å². The van der Waals surface area contributed by atoms with Crippen LogP contribution in [0.15, 0.2) is 65.9 Å². The molecule has 1 aliphatic heterocycles. The van der Waals surface area contributed by atoms with Crippen molar-refractivity contribution in [3.8, 4) is 17.2 Å². The molecule has 7 nitrogen and oxygen atoms in total. The van der Waals surface area contributed by atoms with E-state index in [0.29, 0.717) is 13.1 Å². The van der Waals surface area contributed by atoms with Crippen molar-refractivity contribution in [1.29, 1.82) is 0 Å². The molecule has 0 spiro atoms. The van der Waals surface area contributed by atoms with E-state index in [1.54, 1.807) is 13.2 Å². The van der Waals surface area contributed by atoms with Crippen LogP contribution in [-0.4, -0.2) is 29.6 Å². The third-order valence-electron chi connectivity index (χ3n) is 4.29. The number of guanidine groups is 1. The van der Waals surface area contributed by atoms with Crippen molar-refractivity contribution >= 4 is 5.96 Å². The van der Waals surface area contributed by atoms with E-state index in [2.05, 4.69) is 32.9 Å². The van der Waals surface area contributed by atoms with E-state index in [1.807, 2.05) is 47.3 Å². The van der Waals surface area contributed by atoms with Crippen LogP contribution in [0.25, 0.3) is 5.69 Å². The molecule has 4 rings (SSSR count). The highest BCUT2D eigenvalue weighted by Crippen LogP contribution is 2.32. The lowest BCUT2D eigenvalue weighted by molar-refractivity contribution is 0.174. The number of nitrogens with one attached hydrogen (secondary N) is 2. The van der Waals surface area contributed by atoms with Gasteiger partial charge in [-0.25, -0.2) is 4.68 Å². The van der Waals surface area contributed by atoms with Gasteiger partial charge in [0.05, 0.1) is 5.69 Å². The monoisotopic (exact) mass is 363 g/mol. The molecule has 2 N–H and O–H groups in total. The molecule has 0 amide bonds. The molecule has 0 saturated carbocycles. The fourth-order valence-electron chi connectivity index (χ4n) is 2.83. The highest BCUT2D eigenvalue weighted by atomic mass is 16.7. The highest BCUT2D eigenvalue weighted by molar-refractivity contribution is 5.79. The Kier molecular flexibility index (Phi) is 4.91. The molecule has 1 aliphatic rings. The Morgan fingerprint density at radius 3 is 2.52 bits per heavy atom. The normalized spacial score (nSPS) is 12.9. The Morgan fingerprint density at radius 2 is 1.78 bits per heavy atom. The zero-order chi connectivity index (χ0) is 18.5. The quantitative estimate of drug-likeness (QED) is 0.538. The molecule has 0 atom stereocenters. The number of hydrogen-bond acceptors (Lipinski definition) is 4. The molecule has 0 radical (unpaired) electrons. The van der Waals surface area contributed by atoms with Crippen LogP contribution in [0.5, 0.6) is 11.5 Å². The number of ether oxygens (including phenoxy) is 2. The summed E-state index contributed by atoms with van der Waals surface area (Å²) in [6.45, 7) is 1.61. The summed E-state index contributed by atoms with van der Waals surface area (Å²) in [7, 11) is 1.76. The van der Waals surface area contributed by atoms with Gasteiger partial charge in [0, 0.05) is 32.5 Å². The minimum Gasteiger partial charge on any atom is -0.454 e.